The summed E-state index contributed by atoms with van der Waals surface area (Å²) >= 11 is 0. The molecule has 2 heterocycles. The number of ether oxygens (including phenoxy) is 4. The Kier molecular flexibility index (Phi) is 5.19. The lowest BCUT2D eigenvalue weighted by molar-refractivity contribution is -0.171. The van der Waals surface area contributed by atoms with Crippen LogP contribution in [-0.2, 0) is 38.1 Å². The first-order chi connectivity index (χ1) is 15.0. The minimum absolute atomic E-state index is 0.0900. The molecule has 172 valence electrons. The Hall–Kier alpha value is -2.74. The van der Waals surface area contributed by atoms with Crippen molar-refractivity contribution in [3.63, 3.8) is 0 Å². The van der Waals surface area contributed by atoms with E-state index in [4.69, 9.17) is 18.9 Å². The topological polar surface area (TPSA) is 108 Å². The molecule has 8 heteroatoms. The number of rotatable bonds is 4. The van der Waals surface area contributed by atoms with E-state index >= 15 is 0 Å². The van der Waals surface area contributed by atoms with Gasteiger partial charge in [-0.15, -0.1) is 0 Å². The molecule has 4 aliphatic rings. The molecule has 1 saturated carbocycles. The van der Waals surface area contributed by atoms with Gasteiger partial charge in [0.1, 0.15) is 18.3 Å². The van der Waals surface area contributed by atoms with Gasteiger partial charge >= 0.3 is 17.9 Å². The SMILES string of the molecule is C=C1C(=O)OC2C(OC(=O)C(C)=CC)C(C)C3C=CC(=O)C3(C)C(OC(=O)C3(C)CO3)C12. The van der Waals surface area contributed by atoms with Crippen LogP contribution in [0.1, 0.15) is 34.6 Å². The highest BCUT2D eigenvalue weighted by Crippen LogP contribution is 2.55. The Morgan fingerprint density at radius 1 is 1.25 bits per heavy atom. The molecule has 4 rings (SSSR count). The van der Waals surface area contributed by atoms with Gasteiger partial charge < -0.3 is 18.9 Å². The quantitative estimate of drug-likeness (QED) is 0.281. The maximum absolute atomic E-state index is 13.2. The van der Waals surface area contributed by atoms with Crippen molar-refractivity contribution in [3.05, 3.63) is 36.0 Å². The van der Waals surface area contributed by atoms with Crippen LogP contribution >= 0.6 is 0 Å². The number of epoxide rings is 1. The molecule has 8 nitrogen and oxygen atoms in total. The number of allylic oxidation sites excluding steroid dienone is 3. The monoisotopic (exact) mass is 444 g/mol. The fourth-order valence-electron chi connectivity index (χ4n) is 5.07. The fraction of sp³-hybridized carbons (Fsp3) is 0.583. The number of esters is 3. The van der Waals surface area contributed by atoms with E-state index in [1.807, 2.05) is 6.92 Å². The molecule has 0 bridgehead atoms. The van der Waals surface area contributed by atoms with Gasteiger partial charge in [-0.1, -0.05) is 25.7 Å². The maximum Gasteiger partial charge on any atom is 0.340 e. The lowest BCUT2D eigenvalue weighted by Crippen LogP contribution is -2.50. The Morgan fingerprint density at radius 3 is 2.50 bits per heavy atom. The van der Waals surface area contributed by atoms with Gasteiger partial charge in [-0.2, -0.15) is 0 Å². The van der Waals surface area contributed by atoms with Crippen LogP contribution in [0.2, 0.25) is 0 Å². The maximum atomic E-state index is 13.2. The summed E-state index contributed by atoms with van der Waals surface area (Å²) in [5.41, 5.74) is -1.76. The summed E-state index contributed by atoms with van der Waals surface area (Å²) in [5, 5.41) is 0. The van der Waals surface area contributed by atoms with Crippen LogP contribution in [0.25, 0.3) is 0 Å². The van der Waals surface area contributed by atoms with Gasteiger partial charge in [-0.3, -0.25) is 4.79 Å². The van der Waals surface area contributed by atoms with E-state index in [0.717, 1.165) is 0 Å². The van der Waals surface area contributed by atoms with Crippen LogP contribution in [0.3, 0.4) is 0 Å². The highest BCUT2D eigenvalue weighted by atomic mass is 16.6. The minimum Gasteiger partial charge on any atom is -0.458 e. The van der Waals surface area contributed by atoms with Crippen LogP contribution < -0.4 is 0 Å². The molecule has 32 heavy (non-hydrogen) atoms. The molecule has 0 spiro atoms. The summed E-state index contributed by atoms with van der Waals surface area (Å²) in [5.74, 6) is -3.70. The molecule has 8 unspecified atom stereocenters. The summed E-state index contributed by atoms with van der Waals surface area (Å²) < 4.78 is 22.6. The van der Waals surface area contributed by atoms with Gasteiger partial charge in [0.2, 0.25) is 0 Å². The van der Waals surface area contributed by atoms with E-state index in [0.29, 0.717) is 5.57 Å². The molecule has 3 fully saturated rings. The van der Waals surface area contributed by atoms with Crippen molar-refractivity contribution in [2.75, 3.05) is 6.61 Å². The molecule has 2 saturated heterocycles. The highest BCUT2D eigenvalue weighted by molar-refractivity contribution is 5.99. The van der Waals surface area contributed by atoms with E-state index in [-0.39, 0.29) is 18.0 Å². The summed E-state index contributed by atoms with van der Waals surface area (Å²) in [7, 11) is 0. The van der Waals surface area contributed by atoms with Crippen LogP contribution in [0.5, 0.6) is 0 Å². The zero-order chi connectivity index (χ0) is 23.6. The van der Waals surface area contributed by atoms with E-state index in [1.165, 1.54) is 6.08 Å². The van der Waals surface area contributed by atoms with Crippen molar-refractivity contribution in [1.82, 2.24) is 0 Å². The third-order valence-electron chi connectivity index (χ3n) is 7.51. The second kappa shape index (κ2) is 7.40. The number of ketones is 1. The van der Waals surface area contributed by atoms with Crippen LogP contribution in [0.4, 0.5) is 0 Å². The largest absolute Gasteiger partial charge is 0.458 e. The summed E-state index contributed by atoms with van der Waals surface area (Å²) in [6, 6.07) is 0. The molecule has 0 radical (unpaired) electrons. The predicted octanol–water partition coefficient (Wildman–Crippen LogP) is 2.07. The number of hydrogen-bond acceptors (Lipinski definition) is 8. The first kappa shape index (κ1) is 22.5. The first-order valence-electron chi connectivity index (χ1n) is 10.8. The van der Waals surface area contributed by atoms with Gasteiger partial charge in [0.05, 0.1) is 17.9 Å². The lowest BCUT2D eigenvalue weighted by atomic mass is 9.67. The number of fused-ring (bicyclic) bond motifs is 2. The smallest absolute Gasteiger partial charge is 0.340 e. The van der Waals surface area contributed by atoms with E-state index < -0.39 is 65.0 Å². The zero-order valence-corrected chi connectivity index (χ0v) is 18.9. The van der Waals surface area contributed by atoms with Crippen molar-refractivity contribution < 1.29 is 38.1 Å². The average molecular weight is 444 g/mol. The Morgan fingerprint density at radius 2 is 1.91 bits per heavy atom. The first-order valence-corrected chi connectivity index (χ1v) is 10.8. The van der Waals surface area contributed by atoms with Crippen molar-refractivity contribution >= 4 is 23.7 Å². The van der Waals surface area contributed by atoms with Crippen LogP contribution in [0.15, 0.2) is 36.0 Å². The molecule has 0 amide bonds. The standard InChI is InChI=1S/C24H28O8/c1-7-11(2)20(26)30-17-12(3)14-8-9-15(25)24(14,6)19(32-22(28)23(5)10-29-23)16-13(4)21(27)31-18(16)17/h7-9,12,14,16-19H,4,10H2,1-3,5-6H3. The van der Waals surface area contributed by atoms with E-state index in [1.54, 1.807) is 39.8 Å². The minimum atomic E-state index is -1.18. The van der Waals surface area contributed by atoms with E-state index in [9.17, 15) is 19.2 Å². The fourth-order valence-corrected chi connectivity index (χ4v) is 5.07. The molecule has 0 aromatic heterocycles. The van der Waals surface area contributed by atoms with E-state index in [2.05, 4.69) is 6.58 Å². The average Bonchev–Trinajstić information content (AvgIpc) is 3.37. The van der Waals surface area contributed by atoms with Crippen molar-refractivity contribution in [3.8, 4) is 0 Å². The van der Waals surface area contributed by atoms with Gasteiger partial charge in [0.15, 0.2) is 11.4 Å². The normalized spacial score (nSPS) is 42.7. The van der Waals surface area contributed by atoms with Crippen LogP contribution in [-0.4, -0.2) is 54.2 Å². The summed E-state index contributed by atoms with van der Waals surface area (Å²) in [6.07, 6.45) is 2.02. The third-order valence-corrected chi connectivity index (χ3v) is 7.51. The van der Waals surface area contributed by atoms with Crippen molar-refractivity contribution in [1.29, 1.82) is 0 Å². The Balaban J connectivity index is 1.81. The summed E-state index contributed by atoms with van der Waals surface area (Å²) in [4.78, 5) is 51.2. The van der Waals surface area contributed by atoms with Crippen LogP contribution in [0, 0.1) is 23.2 Å². The van der Waals surface area contributed by atoms with Gasteiger partial charge in [0.25, 0.3) is 0 Å². The van der Waals surface area contributed by atoms with Crippen molar-refractivity contribution in [2.24, 2.45) is 23.2 Å². The molecular formula is C24H28O8. The van der Waals surface area contributed by atoms with Gasteiger partial charge in [-0.25, -0.2) is 14.4 Å². The number of hydrogen-bond donors (Lipinski definition) is 0. The molecule has 2 aliphatic carbocycles. The van der Waals surface area contributed by atoms with Gasteiger partial charge in [0, 0.05) is 17.1 Å². The summed E-state index contributed by atoms with van der Waals surface area (Å²) in [6.45, 7) is 12.6. The number of carbonyl (C=O) groups is 4. The lowest BCUT2D eigenvalue weighted by Gasteiger charge is -2.39. The van der Waals surface area contributed by atoms with Crippen molar-refractivity contribution in [2.45, 2.75) is 58.5 Å². The number of carbonyl (C=O) groups excluding carboxylic acids is 4. The molecule has 2 aliphatic heterocycles. The molecule has 8 atom stereocenters. The molecule has 0 N–H and O–H groups in total. The molecule has 0 aromatic rings. The molecule has 0 aromatic carbocycles. The third kappa shape index (κ3) is 3.15. The second-order valence-corrected chi connectivity index (χ2v) is 9.50. The zero-order valence-electron chi connectivity index (χ0n) is 18.9. The molecular weight excluding hydrogens is 416 g/mol. The highest BCUT2D eigenvalue weighted by Gasteiger charge is 2.66. The second-order valence-electron chi connectivity index (χ2n) is 9.50. The van der Waals surface area contributed by atoms with Gasteiger partial charge in [-0.05, 0) is 39.7 Å². The Bertz CT molecular complexity index is 970. The Labute approximate surface area is 186 Å². The predicted molar refractivity (Wildman–Crippen MR) is 111 cm³/mol.